The minimum Gasteiger partial charge on any atom is -0.353 e. The molecule has 6 heteroatoms. The molecule has 1 rings (SSSR count). The molecular weight excluding hydrogens is 330 g/mol. The Kier molecular flexibility index (Phi) is 10.6. The van der Waals surface area contributed by atoms with Gasteiger partial charge in [-0.1, -0.05) is 30.3 Å². The first kappa shape index (κ1) is 22.2. The summed E-state index contributed by atoms with van der Waals surface area (Å²) in [5.41, 5.74) is 6.91. The van der Waals surface area contributed by atoms with Crippen LogP contribution in [0.3, 0.4) is 0 Å². The van der Waals surface area contributed by atoms with E-state index in [2.05, 4.69) is 43.5 Å². The summed E-state index contributed by atoms with van der Waals surface area (Å²) in [5, 5.41) is 6.50. The van der Waals surface area contributed by atoms with Crippen molar-refractivity contribution in [2.45, 2.75) is 44.8 Å². The lowest BCUT2D eigenvalue weighted by Gasteiger charge is -2.31. The lowest BCUT2D eigenvalue weighted by molar-refractivity contribution is -0.122. The number of hydrogen-bond acceptors (Lipinski definition) is 4. The average Bonchev–Trinajstić information content (AvgIpc) is 2.50. The van der Waals surface area contributed by atoms with Crippen molar-refractivity contribution in [3.05, 3.63) is 35.9 Å². The van der Waals surface area contributed by atoms with Crippen molar-refractivity contribution in [1.82, 2.24) is 10.6 Å². The molecule has 0 aliphatic carbocycles. The number of thioether (sulfide) groups is 1. The number of carbonyl (C=O) groups is 1. The zero-order chi connectivity index (χ0) is 16.6. The summed E-state index contributed by atoms with van der Waals surface area (Å²) in [6.07, 6.45) is 2.73. The number of amides is 1. The monoisotopic (exact) mass is 359 g/mol. The molecule has 0 radical (unpaired) electrons. The number of carbonyl (C=O) groups excluding carboxylic acids is 1. The summed E-state index contributed by atoms with van der Waals surface area (Å²) >= 11 is 1.70. The third-order valence-electron chi connectivity index (χ3n) is 3.58. The van der Waals surface area contributed by atoms with Crippen LogP contribution in [0.2, 0.25) is 0 Å². The van der Waals surface area contributed by atoms with Crippen LogP contribution < -0.4 is 16.4 Å². The smallest absolute Gasteiger partial charge is 0.237 e. The van der Waals surface area contributed by atoms with Crippen molar-refractivity contribution in [1.29, 1.82) is 0 Å². The van der Waals surface area contributed by atoms with Crippen LogP contribution in [0, 0.1) is 0 Å². The van der Waals surface area contributed by atoms with Crippen LogP contribution in [0.4, 0.5) is 0 Å². The lowest BCUT2D eigenvalue weighted by atomic mass is 10.0. The molecule has 1 aromatic rings. The van der Waals surface area contributed by atoms with E-state index in [0.29, 0.717) is 13.0 Å². The van der Waals surface area contributed by atoms with Crippen LogP contribution in [-0.2, 0) is 4.79 Å². The summed E-state index contributed by atoms with van der Waals surface area (Å²) in [4.78, 5) is 12.0. The first-order valence-electron chi connectivity index (χ1n) is 7.70. The summed E-state index contributed by atoms with van der Waals surface area (Å²) in [7, 11) is 0. The Labute approximate surface area is 150 Å². The number of halogens is 1. The van der Waals surface area contributed by atoms with E-state index in [-0.39, 0.29) is 29.9 Å². The Morgan fingerprint density at radius 2 is 1.91 bits per heavy atom. The van der Waals surface area contributed by atoms with Gasteiger partial charge in [-0.25, -0.2) is 0 Å². The molecule has 4 nitrogen and oxygen atoms in total. The van der Waals surface area contributed by atoms with Gasteiger partial charge in [-0.3, -0.25) is 4.79 Å². The van der Waals surface area contributed by atoms with Crippen LogP contribution >= 0.6 is 24.2 Å². The van der Waals surface area contributed by atoms with Gasteiger partial charge in [0.15, 0.2) is 0 Å². The highest BCUT2D eigenvalue weighted by Crippen LogP contribution is 2.15. The predicted octanol–water partition coefficient (Wildman–Crippen LogP) is 2.73. The van der Waals surface area contributed by atoms with E-state index >= 15 is 0 Å². The summed E-state index contributed by atoms with van der Waals surface area (Å²) < 4.78 is 0. The topological polar surface area (TPSA) is 67.2 Å². The molecule has 132 valence electrons. The maximum absolute atomic E-state index is 12.0. The van der Waals surface area contributed by atoms with Gasteiger partial charge in [0.1, 0.15) is 0 Å². The second-order valence-electron chi connectivity index (χ2n) is 6.27. The Morgan fingerprint density at radius 1 is 1.30 bits per heavy atom. The number of hydrogen-bond donors (Lipinski definition) is 3. The SMILES string of the molecule is CSCC[C@H](N)C(=O)NCC(C)(C)NC(C)c1ccccc1.Cl. The van der Waals surface area contributed by atoms with Gasteiger partial charge < -0.3 is 16.4 Å². The third kappa shape index (κ3) is 8.61. The minimum atomic E-state index is -0.421. The van der Waals surface area contributed by atoms with Gasteiger partial charge in [-0.2, -0.15) is 11.8 Å². The largest absolute Gasteiger partial charge is 0.353 e. The summed E-state index contributed by atoms with van der Waals surface area (Å²) in [6, 6.07) is 10.1. The molecule has 1 amide bonds. The van der Waals surface area contributed by atoms with Gasteiger partial charge >= 0.3 is 0 Å². The fourth-order valence-corrected chi connectivity index (χ4v) is 2.77. The lowest BCUT2D eigenvalue weighted by Crippen LogP contribution is -2.52. The van der Waals surface area contributed by atoms with E-state index in [0.717, 1.165) is 5.75 Å². The highest BCUT2D eigenvalue weighted by Gasteiger charge is 2.23. The zero-order valence-corrected chi connectivity index (χ0v) is 16.1. The molecule has 0 aromatic heterocycles. The van der Waals surface area contributed by atoms with Crippen molar-refractivity contribution < 1.29 is 4.79 Å². The number of nitrogens with two attached hydrogens (primary N) is 1. The first-order chi connectivity index (χ1) is 10.4. The van der Waals surface area contributed by atoms with E-state index in [1.54, 1.807) is 11.8 Å². The maximum Gasteiger partial charge on any atom is 0.237 e. The Hall–Kier alpha value is -0.750. The van der Waals surface area contributed by atoms with Gasteiger partial charge in [0.05, 0.1) is 6.04 Å². The molecule has 0 saturated carbocycles. The first-order valence-corrected chi connectivity index (χ1v) is 9.10. The quantitative estimate of drug-likeness (QED) is 0.634. The maximum atomic E-state index is 12.0. The fourth-order valence-electron chi connectivity index (χ4n) is 2.28. The van der Waals surface area contributed by atoms with Crippen LogP contribution in [0.5, 0.6) is 0 Å². The van der Waals surface area contributed by atoms with Crippen LogP contribution in [0.15, 0.2) is 30.3 Å². The average molecular weight is 360 g/mol. The molecule has 0 fully saturated rings. The molecule has 0 aliphatic rings. The Morgan fingerprint density at radius 3 is 2.48 bits per heavy atom. The molecule has 2 atom stereocenters. The van der Waals surface area contributed by atoms with Gasteiger partial charge in [-0.05, 0) is 44.8 Å². The van der Waals surface area contributed by atoms with Crippen molar-refractivity contribution >= 4 is 30.1 Å². The van der Waals surface area contributed by atoms with Crippen LogP contribution in [0.1, 0.15) is 38.8 Å². The zero-order valence-electron chi connectivity index (χ0n) is 14.5. The number of nitrogens with one attached hydrogen (secondary N) is 2. The van der Waals surface area contributed by atoms with E-state index < -0.39 is 6.04 Å². The Bertz CT molecular complexity index is 456. The van der Waals surface area contributed by atoms with E-state index in [1.165, 1.54) is 5.56 Å². The highest BCUT2D eigenvalue weighted by molar-refractivity contribution is 7.98. The van der Waals surface area contributed by atoms with Crippen molar-refractivity contribution in [2.75, 3.05) is 18.6 Å². The molecular formula is C17H30ClN3OS. The number of benzene rings is 1. The van der Waals surface area contributed by atoms with Gasteiger partial charge in [0, 0.05) is 18.1 Å². The molecule has 1 aromatic carbocycles. The minimum absolute atomic E-state index is 0. The van der Waals surface area contributed by atoms with Crippen molar-refractivity contribution in [3.63, 3.8) is 0 Å². The molecule has 1 unspecified atom stereocenters. The molecule has 0 bridgehead atoms. The summed E-state index contributed by atoms with van der Waals surface area (Å²) in [6.45, 7) is 6.85. The van der Waals surface area contributed by atoms with E-state index in [4.69, 9.17) is 5.73 Å². The van der Waals surface area contributed by atoms with Crippen LogP contribution in [0.25, 0.3) is 0 Å². The van der Waals surface area contributed by atoms with Crippen molar-refractivity contribution in [2.24, 2.45) is 5.73 Å². The fraction of sp³-hybridized carbons (Fsp3) is 0.588. The second-order valence-corrected chi connectivity index (χ2v) is 7.25. The third-order valence-corrected chi connectivity index (χ3v) is 4.23. The van der Waals surface area contributed by atoms with Gasteiger partial charge in [0.25, 0.3) is 0 Å². The van der Waals surface area contributed by atoms with E-state index in [9.17, 15) is 4.79 Å². The van der Waals surface area contributed by atoms with E-state index in [1.807, 2.05) is 24.5 Å². The highest BCUT2D eigenvalue weighted by atomic mass is 35.5. The Balaban J connectivity index is 0.00000484. The molecule has 23 heavy (non-hydrogen) atoms. The van der Waals surface area contributed by atoms with Gasteiger partial charge in [-0.15, -0.1) is 12.4 Å². The van der Waals surface area contributed by atoms with Crippen LogP contribution in [-0.4, -0.2) is 36.0 Å². The molecule has 4 N–H and O–H groups in total. The number of rotatable bonds is 9. The normalized spacial score (nSPS) is 13.8. The standard InChI is InChI=1S/C17H29N3OS.ClH/c1-13(14-8-6-5-7-9-14)20-17(2,3)12-19-16(21)15(18)10-11-22-4;/h5-9,13,15,20H,10-12,18H2,1-4H3,(H,19,21);1H/t13?,15-;/m0./s1. The molecule has 0 aliphatic heterocycles. The van der Waals surface area contributed by atoms with Crippen molar-refractivity contribution in [3.8, 4) is 0 Å². The molecule has 0 saturated heterocycles. The molecule has 0 spiro atoms. The summed E-state index contributed by atoms with van der Waals surface area (Å²) in [5.74, 6) is 0.831. The molecule has 0 heterocycles. The second kappa shape index (κ2) is 10.9. The van der Waals surface area contributed by atoms with Gasteiger partial charge in [0.2, 0.25) is 5.91 Å². The predicted molar refractivity (Wildman–Crippen MR) is 103 cm³/mol.